The molecule has 17 nitrogen and oxygen atoms in total. The SMILES string of the molecule is Cc1ncsc1-c1ccc(CNC(=O)[C@@H]2C[C@@H](O)CN2C(=O)[C@@H](NC(=O)CNC(=O)c2ccc3c(c2)[C@H](NC(=O)c2cc(-c4ccc(C(=O)N(C)C)c(O)c4)on2)CC3)C(C)(C)C)cc1. The van der Waals surface area contributed by atoms with Crippen LogP contribution in [-0.2, 0) is 27.3 Å². The first-order valence-electron chi connectivity index (χ1n) is 21.2. The maximum Gasteiger partial charge on any atom is 0.273 e. The molecule has 2 aromatic heterocycles. The van der Waals surface area contributed by atoms with E-state index in [0.717, 1.165) is 32.8 Å². The van der Waals surface area contributed by atoms with Crippen molar-refractivity contribution in [1.82, 2.24) is 41.2 Å². The van der Waals surface area contributed by atoms with E-state index in [1.54, 1.807) is 76.0 Å². The highest BCUT2D eigenvalue weighted by Gasteiger charge is 2.44. The van der Waals surface area contributed by atoms with Crippen molar-refractivity contribution in [2.45, 2.75) is 77.7 Å². The number of aliphatic hydroxyl groups excluding tert-OH is 1. The quantitative estimate of drug-likeness (QED) is 0.0983. The largest absolute Gasteiger partial charge is 0.507 e. The molecular weight excluding hydrogens is 853 g/mol. The molecule has 65 heavy (non-hydrogen) atoms. The second-order valence-corrected chi connectivity index (χ2v) is 18.5. The van der Waals surface area contributed by atoms with Crippen LogP contribution in [0.3, 0.4) is 0 Å². The molecule has 340 valence electrons. The molecule has 6 N–H and O–H groups in total. The Morgan fingerprint density at radius 1 is 0.954 bits per heavy atom. The van der Waals surface area contributed by atoms with E-state index in [2.05, 4.69) is 31.4 Å². The third kappa shape index (κ3) is 10.4. The van der Waals surface area contributed by atoms with Gasteiger partial charge in [0, 0.05) is 50.8 Å². The number of carbonyl (C=O) groups is 6. The summed E-state index contributed by atoms with van der Waals surface area (Å²) in [6.45, 7) is 6.94. The molecule has 0 spiro atoms. The standard InChI is InChI=1S/C47H52N8O9S/c1-25-40(65-24-50-25)28-9-7-26(8-10-28)21-48-44(61)36-19-31(56)23-55(36)46(63)41(47(2,3)4)52-39(58)22-49-42(59)30-12-11-27-14-16-34(33(27)17-30)51-43(60)35-20-38(64-53-35)29-13-15-32(37(57)18-29)45(62)54(5)6/h7-13,15,17-18,20,24,31,34,36,41,56-57H,14,16,19,21-23H2,1-6H3,(H,48,61)(H,49,59)(H,51,60)(H,52,58)/t31-,34-,36+,41-/m1/s1. The number of aliphatic hydroxyl groups is 1. The first-order chi connectivity index (χ1) is 30.9. The Labute approximate surface area is 379 Å². The summed E-state index contributed by atoms with van der Waals surface area (Å²) in [6.07, 6.45) is 0.316. The lowest BCUT2D eigenvalue weighted by molar-refractivity contribution is -0.143. The molecule has 0 saturated carbocycles. The number of aromatic hydroxyl groups is 1. The van der Waals surface area contributed by atoms with Crippen molar-refractivity contribution in [3.05, 3.63) is 111 Å². The van der Waals surface area contributed by atoms with Gasteiger partial charge < -0.3 is 45.8 Å². The predicted molar refractivity (Wildman–Crippen MR) is 241 cm³/mol. The van der Waals surface area contributed by atoms with Crippen LogP contribution in [0.25, 0.3) is 21.8 Å². The number of benzene rings is 3. The number of likely N-dealkylation sites (tertiary alicyclic amines) is 1. The van der Waals surface area contributed by atoms with Crippen LogP contribution in [-0.4, -0.2) is 111 Å². The zero-order chi connectivity index (χ0) is 46.7. The number of hydrogen-bond donors (Lipinski definition) is 6. The highest BCUT2D eigenvalue weighted by molar-refractivity contribution is 7.13. The fourth-order valence-corrected chi connectivity index (χ4v) is 8.82. The molecule has 6 amide bonds. The van der Waals surface area contributed by atoms with Gasteiger partial charge in [-0.2, -0.15) is 0 Å². The average molecular weight is 905 g/mol. The van der Waals surface area contributed by atoms with E-state index < -0.39 is 65.7 Å². The summed E-state index contributed by atoms with van der Waals surface area (Å²) >= 11 is 1.55. The van der Waals surface area contributed by atoms with E-state index in [0.29, 0.717) is 18.4 Å². The van der Waals surface area contributed by atoms with Crippen molar-refractivity contribution < 1.29 is 43.5 Å². The average Bonchev–Trinajstić information content (AvgIpc) is 4.10. The molecule has 1 aliphatic heterocycles. The topological polar surface area (TPSA) is 236 Å². The van der Waals surface area contributed by atoms with Crippen LogP contribution in [0.15, 0.2) is 76.8 Å². The highest BCUT2D eigenvalue weighted by Crippen LogP contribution is 2.34. The summed E-state index contributed by atoms with van der Waals surface area (Å²) in [5.74, 6) is -3.06. The van der Waals surface area contributed by atoms with E-state index in [9.17, 15) is 39.0 Å². The van der Waals surface area contributed by atoms with E-state index in [-0.39, 0.29) is 53.7 Å². The number of amides is 6. The monoisotopic (exact) mass is 904 g/mol. The van der Waals surface area contributed by atoms with Crippen LogP contribution in [0.5, 0.6) is 5.75 Å². The zero-order valence-corrected chi connectivity index (χ0v) is 37.7. The number of nitrogens with one attached hydrogen (secondary N) is 4. The van der Waals surface area contributed by atoms with Gasteiger partial charge in [-0.1, -0.05) is 62.3 Å². The van der Waals surface area contributed by atoms with E-state index >= 15 is 0 Å². The Morgan fingerprint density at radius 2 is 1.69 bits per heavy atom. The molecule has 2 aliphatic rings. The number of carbonyl (C=O) groups excluding carboxylic acids is 6. The van der Waals surface area contributed by atoms with Gasteiger partial charge in [0.2, 0.25) is 17.7 Å². The molecule has 5 aromatic rings. The Balaban J connectivity index is 0.933. The molecule has 4 atom stereocenters. The molecule has 0 unspecified atom stereocenters. The summed E-state index contributed by atoms with van der Waals surface area (Å²) in [6, 6.07) is 16.2. The number of nitrogens with zero attached hydrogens (tertiary/aromatic N) is 4. The Morgan fingerprint density at radius 3 is 2.37 bits per heavy atom. The number of rotatable bonds is 13. The fraction of sp³-hybridized carbons (Fsp3) is 0.362. The summed E-state index contributed by atoms with van der Waals surface area (Å²) in [7, 11) is 3.15. The van der Waals surface area contributed by atoms with Crippen LogP contribution in [0.1, 0.15) is 93.2 Å². The van der Waals surface area contributed by atoms with Gasteiger partial charge in [0.15, 0.2) is 11.5 Å². The molecule has 18 heteroatoms. The molecule has 3 heterocycles. The lowest BCUT2D eigenvalue weighted by Gasteiger charge is -2.35. The van der Waals surface area contributed by atoms with Crippen molar-refractivity contribution in [3.63, 3.8) is 0 Å². The summed E-state index contributed by atoms with van der Waals surface area (Å²) in [4.78, 5) is 88.0. The first-order valence-corrected chi connectivity index (χ1v) is 22.0. The number of aryl methyl sites for hydroxylation is 2. The minimum absolute atomic E-state index is 0.00621. The molecule has 7 rings (SSSR count). The number of thiazole rings is 1. The molecule has 0 bridgehead atoms. The number of β-amino-alcohol motifs (C(OH)–C–C–N with tert-alkyl or cyclic N) is 1. The normalized spacial score (nSPS) is 17.2. The molecule has 0 radical (unpaired) electrons. The van der Waals surface area contributed by atoms with E-state index in [1.165, 1.54) is 28.0 Å². The van der Waals surface area contributed by atoms with Gasteiger partial charge in [0.05, 0.1) is 40.3 Å². The number of fused-ring (bicyclic) bond motifs is 1. The maximum absolute atomic E-state index is 14.1. The lowest BCUT2D eigenvalue weighted by Crippen LogP contribution is -2.58. The van der Waals surface area contributed by atoms with Crippen LogP contribution >= 0.6 is 11.3 Å². The van der Waals surface area contributed by atoms with E-state index in [4.69, 9.17) is 4.52 Å². The summed E-state index contributed by atoms with van der Waals surface area (Å²) in [5, 5.41) is 36.2. The predicted octanol–water partition coefficient (Wildman–Crippen LogP) is 4.14. The van der Waals surface area contributed by atoms with Gasteiger partial charge in [0.25, 0.3) is 17.7 Å². The van der Waals surface area contributed by atoms with Crippen molar-refractivity contribution in [2.24, 2.45) is 5.41 Å². The van der Waals surface area contributed by atoms with Gasteiger partial charge in [0.1, 0.15) is 17.8 Å². The third-order valence-electron chi connectivity index (χ3n) is 11.6. The Kier molecular flexibility index (Phi) is 13.5. The number of phenols is 1. The van der Waals surface area contributed by atoms with Gasteiger partial charge in [-0.15, -0.1) is 11.3 Å². The molecule has 1 aliphatic carbocycles. The highest BCUT2D eigenvalue weighted by atomic mass is 32.1. The van der Waals surface area contributed by atoms with Gasteiger partial charge >= 0.3 is 0 Å². The maximum atomic E-state index is 14.1. The number of hydrogen-bond acceptors (Lipinski definition) is 12. The minimum atomic E-state index is -1.09. The van der Waals surface area contributed by atoms with Crippen molar-refractivity contribution in [3.8, 4) is 27.5 Å². The summed E-state index contributed by atoms with van der Waals surface area (Å²) in [5.41, 5.74) is 6.26. The van der Waals surface area contributed by atoms with Crippen LogP contribution < -0.4 is 21.3 Å². The van der Waals surface area contributed by atoms with Gasteiger partial charge in [-0.25, -0.2) is 4.98 Å². The number of aromatic nitrogens is 2. The first kappa shape index (κ1) is 46.1. The minimum Gasteiger partial charge on any atom is -0.507 e. The smallest absolute Gasteiger partial charge is 0.273 e. The van der Waals surface area contributed by atoms with Crippen molar-refractivity contribution in [1.29, 1.82) is 0 Å². The van der Waals surface area contributed by atoms with Crippen molar-refractivity contribution in [2.75, 3.05) is 27.2 Å². The number of phenolic OH excluding ortho intramolecular Hbond substituents is 1. The van der Waals surface area contributed by atoms with Gasteiger partial charge in [-0.05, 0) is 71.7 Å². The fourth-order valence-electron chi connectivity index (χ4n) is 8.01. The van der Waals surface area contributed by atoms with Crippen LogP contribution in [0, 0.1) is 12.3 Å². The van der Waals surface area contributed by atoms with Gasteiger partial charge in [-0.3, -0.25) is 28.8 Å². The Hall–Kier alpha value is -6.92. The second kappa shape index (κ2) is 19.0. The van der Waals surface area contributed by atoms with Crippen LogP contribution in [0.4, 0.5) is 0 Å². The Bertz CT molecular complexity index is 2630. The molecule has 1 saturated heterocycles. The lowest BCUT2D eigenvalue weighted by atomic mass is 9.85. The second-order valence-electron chi connectivity index (χ2n) is 17.6. The van der Waals surface area contributed by atoms with Crippen LogP contribution in [0.2, 0.25) is 0 Å². The molecular formula is C47H52N8O9S. The molecule has 1 fully saturated rings. The van der Waals surface area contributed by atoms with Crippen molar-refractivity contribution >= 4 is 46.8 Å². The summed E-state index contributed by atoms with van der Waals surface area (Å²) < 4.78 is 5.39. The zero-order valence-electron chi connectivity index (χ0n) is 36.9. The third-order valence-corrected chi connectivity index (χ3v) is 12.6. The van der Waals surface area contributed by atoms with E-state index in [1.807, 2.05) is 31.2 Å². The molecule has 3 aromatic carbocycles.